The second-order valence-corrected chi connectivity index (χ2v) is 6.55. The molecule has 0 aliphatic heterocycles. The van der Waals surface area contributed by atoms with Crippen molar-refractivity contribution in [3.63, 3.8) is 0 Å². The first kappa shape index (κ1) is 15.6. The summed E-state index contributed by atoms with van der Waals surface area (Å²) in [6, 6.07) is 9.80. The molecular formula is C17H18BrClO. The van der Waals surface area contributed by atoms with Crippen molar-refractivity contribution in [3.05, 3.63) is 67.6 Å². The summed E-state index contributed by atoms with van der Waals surface area (Å²) in [5, 5.41) is 11.1. The molecule has 0 aliphatic rings. The highest BCUT2D eigenvalue weighted by atomic mass is 79.9. The van der Waals surface area contributed by atoms with E-state index in [-0.39, 0.29) is 0 Å². The topological polar surface area (TPSA) is 20.2 Å². The largest absolute Gasteiger partial charge is 0.388 e. The zero-order chi connectivity index (χ0) is 14.9. The van der Waals surface area contributed by atoms with Gasteiger partial charge in [0.2, 0.25) is 0 Å². The van der Waals surface area contributed by atoms with Crippen LogP contribution in [0.5, 0.6) is 0 Å². The van der Waals surface area contributed by atoms with E-state index in [4.69, 9.17) is 11.6 Å². The van der Waals surface area contributed by atoms with Gasteiger partial charge < -0.3 is 5.11 Å². The molecule has 0 spiro atoms. The standard InChI is InChI=1S/C17H18BrClO/c1-10-6-11(2)14(12(3)7-10)9-17(20)15-8-13(19)4-5-16(15)18/h4-8,17,20H,9H2,1-3H3. The van der Waals surface area contributed by atoms with Crippen LogP contribution >= 0.6 is 27.5 Å². The van der Waals surface area contributed by atoms with Gasteiger partial charge in [-0.2, -0.15) is 0 Å². The summed E-state index contributed by atoms with van der Waals surface area (Å²) < 4.78 is 0.886. The lowest BCUT2D eigenvalue weighted by Crippen LogP contribution is -2.06. The highest BCUT2D eigenvalue weighted by Crippen LogP contribution is 2.30. The van der Waals surface area contributed by atoms with Gasteiger partial charge in [-0.25, -0.2) is 0 Å². The van der Waals surface area contributed by atoms with Gasteiger partial charge in [-0.1, -0.05) is 45.2 Å². The first-order chi connectivity index (χ1) is 9.38. The molecule has 2 rings (SSSR count). The Morgan fingerprint density at radius 1 is 1.10 bits per heavy atom. The zero-order valence-corrected chi connectivity index (χ0v) is 14.2. The first-order valence-electron chi connectivity index (χ1n) is 6.58. The van der Waals surface area contributed by atoms with Crippen molar-refractivity contribution in [3.8, 4) is 0 Å². The fourth-order valence-corrected chi connectivity index (χ4v) is 3.30. The minimum atomic E-state index is -0.566. The molecule has 1 N–H and O–H groups in total. The van der Waals surface area contributed by atoms with Gasteiger partial charge >= 0.3 is 0 Å². The number of aliphatic hydroxyl groups excluding tert-OH is 1. The minimum absolute atomic E-state index is 0.566. The molecule has 0 amide bonds. The van der Waals surface area contributed by atoms with E-state index < -0.39 is 6.10 Å². The summed E-state index contributed by atoms with van der Waals surface area (Å²) in [5.74, 6) is 0. The smallest absolute Gasteiger partial charge is 0.0841 e. The third kappa shape index (κ3) is 3.43. The Kier molecular flexibility index (Phi) is 4.90. The van der Waals surface area contributed by atoms with Crippen LogP contribution in [0.1, 0.15) is 33.9 Å². The number of halogens is 2. The molecule has 0 saturated carbocycles. The van der Waals surface area contributed by atoms with Crippen LogP contribution in [0.2, 0.25) is 5.02 Å². The molecule has 1 unspecified atom stereocenters. The highest BCUT2D eigenvalue weighted by molar-refractivity contribution is 9.10. The predicted molar refractivity (Wildman–Crippen MR) is 88.5 cm³/mol. The van der Waals surface area contributed by atoms with E-state index in [1.807, 2.05) is 18.2 Å². The fourth-order valence-electron chi connectivity index (χ4n) is 2.61. The maximum absolute atomic E-state index is 10.5. The number of hydrogen-bond donors (Lipinski definition) is 1. The van der Waals surface area contributed by atoms with E-state index in [1.54, 1.807) is 0 Å². The van der Waals surface area contributed by atoms with Crippen LogP contribution < -0.4 is 0 Å². The van der Waals surface area contributed by atoms with Crippen LogP contribution in [0.3, 0.4) is 0 Å². The lowest BCUT2D eigenvalue weighted by molar-refractivity contribution is 0.177. The predicted octanol–water partition coefficient (Wildman–Crippen LogP) is 5.30. The van der Waals surface area contributed by atoms with E-state index in [9.17, 15) is 5.11 Å². The van der Waals surface area contributed by atoms with Crippen LogP contribution in [-0.4, -0.2) is 5.11 Å². The molecule has 0 fully saturated rings. The lowest BCUT2D eigenvalue weighted by atomic mass is 9.93. The average Bonchev–Trinajstić information content (AvgIpc) is 2.36. The molecule has 106 valence electrons. The summed E-state index contributed by atoms with van der Waals surface area (Å²) in [7, 11) is 0. The first-order valence-corrected chi connectivity index (χ1v) is 7.75. The molecule has 1 atom stereocenters. The Morgan fingerprint density at radius 2 is 1.70 bits per heavy atom. The second-order valence-electron chi connectivity index (χ2n) is 5.26. The number of aryl methyl sites for hydroxylation is 3. The number of benzene rings is 2. The maximum Gasteiger partial charge on any atom is 0.0841 e. The van der Waals surface area contributed by atoms with Gasteiger partial charge in [0.15, 0.2) is 0 Å². The molecule has 0 aromatic heterocycles. The summed E-state index contributed by atoms with van der Waals surface area (Å²) in [6.07, 6.45) is 0.0276. The molecule has 3 heteroatoms. The van der Waals surface area contributed by atoms with Crippen LogP contribution in [0.4, 0.5) is 0 Å². The van der Waals surface area contributed by atoms with E-state index in [0.29, 0.717) is 11.4 Å². The van der Waals surface area contributed by atoms with Crippen molar-refractivity contribution in [1.82, 2.24) is 0 Å². The highest BCUT2D eigenvalue weighted by Gasteiger charge is 2.15. The Labute approximate surface area is 133 Å². The normalized spacial score (nSPS) is 12.5. The van der Waals surface area contributed by atoms with Crippen LogP contribution in [0.15, 0.2) is 34.8 Å². The summed E-state index contributed by atoms with van der Waals surface area (Å²) in [4.78, 5) is 0. The summed E-state index contributed by atoms with van der Waals surface area (Å²) in [6.45, 7) is 6.28. The zero-order valence-electron chi connectivity index (χ0n) is 11.9. The monoisotopic (exact) mass is 352 g/mol. The third-order valence-corrected chi connectivity index (χ3v) is 4.51. The number of hydrogen-bond acceptors (Lipinski definition) is 1. The number of aliphatic hydroxyl groups is 1. The number of rotatable bonds is 3. The molecule has 0 radical (unpaired) electrons. The van der Waals surface area contributed by atoms with Gasteiger partial charge in [-0.3, -0.25) is 0 Å². The van der Waals surface area contributed by atoms with Crippen molar-refractivity contribution < 1.29 is 5.11 Å². The van der Waals surface area contributed by atoms with E-state index in [0.717, 1.165) is 10.0 Å². The van der Waals surface area contributed by atoms with E-state index >= 15 is 0 Å². The Hall–Kier alpha value is -0.830. The minimum Gasteiger partial charge on any atom is -0.388 e. The SMILES string of the molecule is Cc1cc(C)c(CC(O)c2cc(Cl)ccc2Br)c(C)c1. The molecule has 0 saturated heterocycles. The van der Waals surface area contributed by atoms with Crippen molar-refractivity contribution in [2.24, 2.45) is 0 Å². The van der Waals surface area contributed by atoms with Gasteiger partial charge in [-0.15, -0.1) is 0 Å². The van der Waals surface area contributed by atoms with Crippen molar-refractivity contribution in [2.45, 2.75) is 33.3 Å². The van der Waals surface area contributed by atoms with E-state index in [2.05, 4.69) is 48.8 Å². The van der Waals surface area contributed by atoms with Crippen LogP contribution in [-0.2, 0) is 6.42 Å². The van der Waals surface area contributed by atoms with Gasteiger partial charge in [-0.05, 0) is 61.2 Å². The maximum atomic E-state index is 10.5. The Morgan fingerprint density at radius 3 is 2.30 bits per heavy atom. The Balaban J connectivity index is 2.32. The third-order valence-electron chi connectivity index (χ3n) is 3.55. The molecule has 0 aliphatic carbocycles. The molecule has 2 aromatic carbocycles. The van der Waals surface area contributed by atoms with Gasteiger partial charge in [0.1, 0.15) is 0 Å². The molecule has 2 aromatic rings. The lowest BCUT2D eigenvalue weighted by Gasteiger charge is -2.17. The molecule has 0 bridgehead atoms. The van der Waals surface area contributed by atoms with Gasteiger partial charge in [0.05, 0.1) is 6.10 Å². The Bertz CT molecular complexity index is 614. The molecule has 1 nitrogen and oxygen atoms in total. The molecular weight excluding hydrogens is 336 g/mol. The molecule has 20 heavy (non-hydrogen) atoms. The van der Waals surface area contributed by atoms with Crippen LogP contribution in [0, 0.1) is 20.8 Å². The van der Waals surface area contributed by atoms with Crippen molar-refractivity contribution in [1.29, 1.82) is 0 Å². The summed E-state index contributed by atoms with van der Waals surface area (Å²) in [5.41, 5.74) is 5.73. The summed E-state index contributed by atoms with van der Waals surface area (Å²) >= 11 is 9.49. The van der Waals surface area contributed by atoms with Gasteiger partial charge in [0.25, 0.3) is 0 Å². The average molecular weight is 354 g/mol. The molecule has 0 heterocycles. The van der Waals surface area contributed by atoms with Crippen molar-refractivity contribution in [2.75, 3.05) is 0 Å². The fraction of sp³-hybridized carbons (Fsp3) is 0.294. The van der Waals surface area contributed by atoms with E-state index in [1.165, 1.54) is 22.3 Å². The second kappa shape index (κ2) is 6.30. The quantitative estimate of drug-likeness (QED) is 0.793. The van der Waals surface area contributed by atoms with Crippen LogP contribution in [0.25, 0.3) is 0 Å². The van der Waals surface area contributed by atoms with Crippen molar-refractivity contribution >= 4 is 27.5 Å². The van der Waals surface area contributed by atoms with Gasteiger partial charge in [0, 0.05) is 15.9 Å².